The van der Waals surface area contributed by atoms with Gasteiger partial charge in [0, 0.05) is 0 Å². The molecule has 0 aliphatic rings. The van der Waals surface area contributed by atoms with Gasteiger partial charge in [-0.15, -0.1) is 0 Å². The van der Waals surface area contributed by atoms with E-state index < -0.39 is 5.97 Å². The summed E-state index contributed by atoms with van der Waals surface area (Å²) >= 11 is 0. The molecule has 0 atom stereocenters. The van der Waals surface area contributed by atoms with E-state index in [0.717, 1.165) is 0 Å². The molecule has 0 heterocycles. The number of nitriles is 1. The van der Waals surface area contributed by atoms with Crippen molar-refractivity contribution in [1.82, 2.24) is 0 Å². The molecule has 4 nitrogen and oxygen atoms in total. The molecule has 0 radical (unpaired) electrons. The molecule has 18 heavy (non-hydrogen) atoms. The van der Waals surface area contributed by atoms with Gasteiger partial charge in [0.2, 0.25) is 0 Å². The minimum Gasteiger partial charge on any atom is -0.497 e. The van der Waals surface area contributed by atoms with Crippen LogP contribution in [0, 0.1) is 11.3 Å². The topological polar surface area (TPSA) is 59.3 Å². The Bertz CT molecular complexity index is 498. The van der Waals surface area contributed by atoms with Crippen molar-refractivity contribution in [2.45, 2.75) is 20.0 Å². The molecular weight excluding hydrogens is 230 g/mol. The van der Waals surface area contributed by atoms with Gasteiger partial charge < -0.3 is 9.47 Å². The molecule has 0 aromatic heterocycles. The number of ether oxygens (including phenoxy) is 2. The number of methoxy groups -OCH3 is 1. The normalized spacial score (nSPS) is 10.9. The Labute approximate surface area is 106 Å². The first kappa shape index (κ1) is 13.8. The summed E-state index contributed by atoms with van der Waals surface area (Å²) in [5.74, 6) is 0.0496. The third kappa shape index (κ3) is 3.95. The lowest BCUT2D eigenvalue weighted by molar-refractivity contribution is -0.142. The predicted octanol–water partition coefficient (Wildman–Crippen LogP) is 2.55. The molecule has 0 unspecified atom stereocenters. The zero-order valence-electron chi connectivity index (χ0n) is 10.6. The molecule has 0 aliphatic carbocycles. The van der Waals surface area contributed by atoms with Crippen LogP contribution in [0.15, 0.2) is 29.8 Å². The molecule has 0 N–H and O–H groups in total. The van der Waals surface area contributed by atoms with Crippen LogP contribution in [-0.2, 0) is 9.53 Å². The molecule has 1 aromatic rings. The first-order valence-electron chi connectivity index (χ1n) is 5.53. The molecule has 4 heteroatoms. The van der Waals surface area contributed by atoms with Crippen molar-refractivity contribution in [2.24, 2.45) is 0 Å². The summed E-state index contributed by atoms with van der Waals surface area (Å²) in [6.45, 7) is 3.47. The van der Waals surface area contributed by atoms with E-state index in [1.54, 1.807) is 45.2 Å². The fourth-order valence-electron chi connectivity index (χ4n) is 1.31. The van der Waals surface area contributed by atoms with Gasteiger partial charge in [-0.05, 0) is 37.6 Å². The van der Waals surface area contributed by atoms with E-state index in [4.69, 9.17) is 14.7 Å². The van der Waals surface area contributed by atoms with Crippen LogP contribution < -0.4 is 4.74 Å². The molecule has 0 fully saturated rings. The van der Waals surface area contributed by atoms with Gasteiger partial charge >= 0.3 is 5.97 Å². The Morgan fingerprint density at radius 2 is 2.17 bits per heavy atom. The van der Waals surface area contributed by atoms with Gasteiger partial charge in [-0.1, -0.05) is 12.1 Å². The van der Waals surface area contributed by atoms with E-state index in [-0.39, 0.29) is 11.7 Å². The molecule has 0 aliphatic heterocycles. The lowest BCUT2D eigenvalue weighted by Crippen LogP contribution is -2.12. The Kier molecular flexibility index (Phi) is 4.94. The highest BCUT2D eigenvalue weighted by Crippen LogP contribution is 2.15. The number of benzene rings is 1. The molecule has 0 amide bonds. The van der Waals surface area contributed by atoms with Crippen molar-refractivity contribution in [2.75, 3.05) is 7.11 Å². The quantitative estimate of drug-likeness (QED) is 0.464. The third-order valence-corrected chi connectivity index (χ3v) is 2.09. The summed E-state index contributed by atoms with van der Waals surface area (Å²) in [5.41, 5.74) is 0.684. The second kappa shape index (κ2) is 6.45. The van der Waals surface area contributed by atoms with Crippen molar-refractivity contribution in [3.8, 4) is 11.8 Å². The molecule has 1 aromatic carbocycles. The molecule has 0 saturated heterocycles. The van der Waals surface area contributed by atoms with Crippen molar-refractivity contribution < 1.29 is 14.3 Å². The van der Waals surface area contributed by atoms with Crippen LogP contribution in [0.5, 0.6) is 5.75 Å². The molecule has 0 bridgehead atoms. The maximum absolute atomic E-state index is 11.6. The number of hydrogen-bond acceptors (Lipinski definition) is 4. The van der Waals surface area contributed by atoms with Gasteiger partial charge in [0.25, 0.3) is 0 Å². The Balaban J connectivity index is 2.97. The van der Waals surface area contributed by atoms with Crippen molar-refractivity contribution >= 4 is 12.0 Å². The van der Waals surface area contributed by atoms with E-state index in [0.29, 0.717) is 11.3 Å². The molecule has 1 rings (SSSR count). The van der Waals surface area contributed by atoms with Crippen molar-refractivity contribution in [1.29, 1.82) is 5.26 Å². The van der Waals surface area contributed by atoms with Crippen LogP contribution in [0.4, 0.5) is 0 Å². The van der Waals surface area contributed by atoms with Gasteiger partial charge in [-0.2, -0.15) is 5.26 Å². The van der Waals surface area contributed by atoms with Crippen LogP contribution >= 0.6 is 0 Å². The van der Waals surface area contributed by atoms with Gasteiger partial charge in [0.1, 0.15) is 17.4 Å². The van der Waals surface area contributed by atoms with Gasteiger partial charge in [-0.25, -0.2) is 4.79 Å². The molecular formula is C14H15NO3. The van der Waals surface area contributed by atoms with Gasteiger partial charge in [0.05, 0.1) is 13.2 Å². The Morgan fingerprint density at radius 1 is 1.44 bits per heavy atom. The number of carbonyl (C=O) groups is 1. The lowest BCUT2D eigenvalue weighted by Gasteiger charge is -2.06. The largest absolute Gasteiger partial charge is 0.497 e. The maximum atomic E-state index is 11.6. The molecule has 0 saturated carbocycles. The Hall–Kier alpha value is -2.28. The summed E-state index contributed by atoms with van der Waals surface area (Å²) in [7, 11) is 1.56. The summed E-state index contributed by atoms with van der Waals surface area (Å²) in [6, 6.07) is 8.93. The standard InChI is InChI=1S/C14H15NO3/c1-10(2)18-14(16)12(9-15)7-11-5-4-6-13(8-11)17-3/h4-8,10H,1-3H3. The first-order chi connectivity index (χ1) is 8.56. The number of esters is 1. The van der Waals surface area contributed by atoms with Crippen molar-refractivity contribution in [3.05, 3.63) is 35.4 Å². The summed E-state index contributed by atoms with van der Waals surface area (Å²) < 4.78 is 10.0. The number of nitrogens with zero attached hydrogens (tertiary/aromatic N) is 1. The third-order valence-electron chi connectivity index (χ3n) is 2.09. The molecule has 94 valence electrons. The smallest absolute Gasteiger partial charge is 0.349 e. The van der Waals surface area contributed by atoms with E-state index in [1.165, 1.54) is 6.08 Å². The fourth-order valence-corrected chi connectivity index (χ4v) is 1.31. The maximum Gasteiger partial charge on any atom is 0.349 e. The van der Waals surface area contributed by atoms with Crippen LogP contribution in [-0.4, -0.2) is 19.2 Å². The zero-order valence-corrected chi connectivity index (χ0v) is 10.6. The van der Waals surface area contributed by atoms with E-state index in [9.17, 15) is 4.79 Å². The highest BCUT2D eigenvalue weighted by atomic mass is 16.5. The SMILES string of the molecule is COc1cccc(C=C(C#N)C(=O)OC(C)C)c1. The fraction of sp³-hybridized carbons (Fsp3) is 0.286. The Morgan fingerprint density at radius 3 is 2.72 bits per heavy atom. The summed E-state index contributed by atoms with van der Waals surface area (Å²) in [5, 5.41) is 8.95. The van der Waals surface area contributed by atoms with Gasteiger partial charge in [-0.3, -0.25) is 0 Å². The second-order valence-electron chi connectivity index (χ2n) is 3.90. The number of rotatable bonds is 4. The van der Waals surface area contributed by atoms with Crippen LogP contribution in [0.25, 0.3) is 6.08 Å². The van der Waals surface area contributed by atoms with E-state index in [1.807, 2.05) is 6.07 Å². The predicted molar refractivity (Wildman–Crippen MR) is 67.8 cm³/mol. The highest BCUT2D eigenvalue weighted by molar-refractivity contribution is 5.98. The summed E-state index contributed by atoms with van der Waals surface area (Å²) in [6.07, 6.45) is 1.23. The first-order valence-corrected chi connectivity index (χ1v) is 5.53. The average Bonchev–Trinajstić information content (AvgIpc) is 2.35. The van der Waals surface area contributed by atoms with Crippen LogP contribution in [0.3, 0.4) is 0 Å². The lowest BCUT2D eigenvalue weighted by atomic mass is 10.1. The number of carbonyl (C=O) groups excluding carboxylic acids is 1. The van der Waals surface area contributed by atoms with Crippen LogP contribution in [0.2, 0.25) is 0 Å². The van der Waals surface area contributed by atoms with Crippen LogP contribution in [0.1, 0.15) is 19.4 Å². The van der Waals surface area contributed by atoms with Gasteiger partial charge in [0.15, 0.2) is 0 Å². The van der Waals surface area contributed by atoms with E-state index in [2.05, 4.69) is 0 Å². The minimum atomic E-state index is -0.615. The monoisotopic (exact) mass is 245 g/mol. The van der Waals surface area contributed by atoms with E-state index >= 15 is 0 Å². The minimum absolute atomic E-state index is 0.0306. The van der Waals surface area contributed by atoms with Crippen molar-refractivity contribution in [3.63, 3.8) is 0 Å². The summed E-state index contributed by atoms with van der Waals surface area (Å²) in [4.78, 5) is 11.6. The second-order valence-corrected chi connectivity index (χ2v) is 3.90. The number of hydrogen-bond donors (Lipinski definition) is 0. The highest BCUT2D eigenvalue weighted by Gasteiger charge is 2.12. The average molecular weight is 245 g/mol. The molecule has 0 spiro atoms. The zero-order chi connectivity index (χ0) is 13.5.